The largest absolute Gasteiger partial charge is 0.506 e. The molecule has 0 spiro atoms. The number of aromatic hydroxyl groups is 1. The van der Waals surface area contributed by atoms with Crippen molar-refractivity contribution >= 4 is 17.6 Å². The lowest BCUT2D eigenvalue weighted by Crippen LogP contribution is -2.49. The van der Waals surface area contributed by atoms with Gasteiger partial charge in [-0.05, 0) is 42.8 Å². The molecule has 0 saturated carbocycles. The maximum absolute atomic E-state index is 13.8. The summed E-state index contributed by atoms with van der Waals surface area (Å²) < 4.78 is 42.7. The molecule has 0 radical (unpaired) electrons. The monoisotopic (exact) mass is 580 g/mol. The highest BCUT2D eigenvalue weighted by atomic mass is 19.4. The first-order chi connectivity index (χ1) is 20.1. The number of carbonyl (C=O) groups excluding carboxylic acids is 2. The standard InChI is InChI=1S/C28H27F3N8O3/c1-2-5-33-26(41)24-3-4-25(36-35-24)37-6-8-38(9-7-37)27(42)18-10-21(28(29,30)31)13-22(11-18)39-17-20(15-34-39)19-12-23(40)16-32-14-19/h3-4,10-17,40H,2,5-9H2,1H3,(H,33,41). The van der Waals surface area contributed by atoms with Crippen molar-refractivity contribution in [2.75, 3.05) is 37.6 Å². The van der Waals surface area contributed by atoms with Crippen LogP contribution in [0.2, 0.25) is 0 Å². The van der Waals surface area contributed by atoms with Crippen molar-refractivity contribution in [1.29, 1.82) is 0 Å². The maximum atomic E-state index is 13.8. The average Bonchev–Trinajstić information content (AvgIpc) is 3.50. The van der Waals surface area contributed by atoms with Gasteiger partial charge in [-0.15, -0.1) is 10.2 Å². The van der Waals surface area contributed by atoms with Crippen LogP contribution in [0, 0.1) is 0 Å². The van der Waals surface area contributed by atoms with Crippen LogP contribution >= 0.6 is 0 Å². The summed E-state index contributed by atoms with van der Waals surface area (Å²) in [5.74, 6) is -0.381. The van der Waals surface area contributed by atoms with Crippen molar-refractivity contribution in [3.8, 4) is 22.6 Å². The molecule has 42 heavy (non-hydrogen) atoms. The number of alkyl halides is 3. The molecule has 2 amide bonds. The molecule has 0 aliphatic carbocycles. The molecule has 1 aliphatic heterocycles. The number of carbonyl (C=O) groups is 2. The fourth-order valence-electron chi connectivity index (χ4n) is 4.49. The number of benzene rings is 1. The Balaban J connectivity index is 1.32. The topological polar surface area (TPSA) is 129 Å². The maximum Gasteiger partial charge on any atom is 0.416 e. The van der Waals surface area contributed by atoms with E-state index in [1.807, 2.05) is 11.8 Å². The first kappa shape index (κ1) is 28.5. The lowest BCUT2D eigenvalue weighted by molar-refractivity contribution is -0.137. The second-order valence-corrected chi connectivity index (χ2v) is 9.68. The molecule has 14 heteroatoms. The van der Waals surface area contributed by atoms with Crippen molar-refractivity contribution in [3.63, 3.8) is 0 Å². The van der Waals surface area contributed by atoms with Crippen molar-refractivity contribution in [2.24, 2.45) is 0 Å². The fourth-order valence-corrected chi connectivity index (χ4v) is 4.49. The number of nitrogens with one attached hydrogen (secondary N) is 1. The number of hydrogen-bond donors (Lipinski definition) is 2. The number of pyridine rings is 1. The van der Waals surface area contributed by atoms with Gasteiger partial charge in [0.1, 0.15) is 5.75 Å². The summed E-state index contributed by atoms with van der Waals surface area (Å²) in [6.45, 7) is 3.74. The summed E-state index contributed by atoms with van der Waals surface area (Å²) in [5, 5.41) is 24.7. The van der Waals surface area contributed by atoms with E-state index in [1.165, 1.54) is 46.5 Å². The van der Waals surface area contributed by atoms with Gasteiger partial charge in [-0.25, -0.2) is 4.68 Å². The molecular weight excluding hydrogens is 553 g/mol. The molecule has 0 bridgehead atoms. The molecule has 1 aromatic carbocycles. The Kier molecular flexibility index (Phi) is 8.04. The quantitative estimate of drug-likeness (QED) is 0.340. The first-order valence-corrected chi connectivity index (χ1v) is 13.2. The van der Waals surface area contributed by atoms with Gasteiger partial charge >= 0.3 is 6.18 Å². The Morgan fingerprint density at radius 3 is 2.43 bits per heavy atom. The van der Waals surface area contributed by atoms with E-state index in [9.17, 15) is 27.9 Å². The van der Waals surface area contributed by atoms with Gasteiger partial charge in [-0.2, -0.15) is 18.3 Å². The van der Waals surface area contributed by atoms with Crippen LogP contribution in [0.1, 0.15) is 39.8 Å². The Labute approximate surface area is 238 Å². The highest BCUT2D eigenvalue weighted by Crippen LogP contribution is 2.32. The smallest absolute Gasteiger partial charge is 0.416 e. The van der Waals surface area contributed by atoms with E-state index in [2.05, 4.69) is 25.6 Å². The molecule has 1 fully saturated rings. The normalized spacial score (nSPS) is 13.7. The van der Waals surface area contributed by atoms with Crippen LogP contribution in [-0.4, -0.2) is 79.5 Å². The van der Waals surface area contributed by atoms with Crippen LogP contribution in [0.4, 0.5) is 19.0 Å². The summed E-state index contributed by atoms with van der Waals surface area (Å²) in [4.78, 5) is 32.7. The van der Waals surface area contributed by atoms with Crippen LogP contribution in [0.3, 0.4) is 0 Å². The fraction of sp³-hybridized carbons (Fsp3) is 0.286. The Morgan fingerprint density at radius 2 is 1.76 bits per heavy atom. The minimum Gasteiger partial charge on any atom is -0.506 e. The van der Waals surface area contributed by atoms with Gasteiger partial charge in [0.2, 0.25) is 0 Å². The summed E-state index contributed by atoms with van der Waals surface area (Å²) in [5.41, 5.74) is 0.218. The number of amides is 2. The number of piperazine rings is 1. The molecule has 1 saturated heterocycles. The number of aromatic nitrogens is 5. The van der Waals surface area contributed by atoms with E-state index in [1.54, 1.807) is 12.1 Å². The minimum atomic E-state index is -4.69. The van der Waals surface area contributed by atoms with Crippen LogP contribution in [0.25, 0.3) is 16.8 Å². The molecule has 2 N–H and O–H groups in total. The van der Waals surface area contributed by atoms with E-state index in [-0.39, 0.29) is 41.7 Å². The van der Waals surface area contributed by atoms with Gasteiger partial charge < -0.3 is 20.2 Å². The van der Waals surface area contributed by atoms with Gasteiger partial charge in [0.25, 0.3) is 11.8 Å². The summed E-state index contributed by atoms with van der Waals surface area (Å²) >= 11 is 0. The predicted octanol–water partition coefficient (Wildman–Crippen LogP) is 3.55. The number of anilines is 1. The zero-order valence-corrected chi connectivity index (χ0v) is 22.5. The number of nitrogens with zero attached hydrogens (tertiary/aromatic N) is 7. The molecule has 4 heterocycles. The molecule has 3 aromatic heterocycles. The van der Waals surface area contributed by atoms with Crippen LogP contribution in [0.5, 0.6) is 5.75 Å². The molecule has 11 nitrogen and oxygen atoms in total. The summed E-state index contributed by atoms with van der Waals surface area (Å²) in [6, 6.07) is 7.85. The third-order valence-electron chi connectivity index (χ3n) is 6.71. The summed E-state index contributed by atoms with van der Waals surface area (Å²) in [6.07, 6.45) is 1.80. The van der Waals surface area contributed by atoms with Gasteiger partial charge in [-0.1, -0.05) is 6.92 Å². The molecule has 0 unspecified atom stereocenters. The van der Waals surface area contributed by atoms with E-state index in [0.29, 0.717) is 36.6 Å². The number of rotatable bonds is 7. The number of halogens is 3. The second-order valence-electron chi connectivity index (χ2n) is 9.68. The zero-order valence-electron chi connectivity index (χ0n) is 22.5. The highest BCUT2D eigenvalue weighted by molar-refractivity contribution is 5.95. The van der Waals surface area contributed by atoms with Crippen molar-refractivity contribution < 1.29 is 27.9 Å². The van der Waals surface area contributed by atoms with Gasteiger partial charge in [0, 0.05) is 61.8 Å². The minimum absolute atomic E-state index is 0.0597. The third kappa shape index (κ3) is 6.32. The van der Waals surface area contributed by atoms with Gasteiger partial charge in [-0.3, -0.25) is 14.6 Å². The Bertz CT molecular complexity index is 1580. The van der Waals surface area contributed by atoms with Crippen molar-refractivity contribution in [3.05, 3.63) is 78.0 Å². The van der Waals surface area contributed by atoms with E-state index in [0.717, 1.165) is 18.6 Å². The number of hydrogen-bond acceptors (Lipinski definition) is 8. The summed E-state index contributed by atoms with van der Waals surface area (Å²) in [7, 11) is 0. The molecule has 4 aromatic rings. The Hall–Kier alpha value is -5.01. The van der Waals surface area contributed by atoms with Crippen LogP contribution in [0.15, 0.2) is 61.2 Å². The van der Waals surface area contributed by atoms with Gasteiger partial charge in [0.15, 0.2) is 11.5 Å². The lowest BCUT2D eigenvalue weighted by Gasteiger charge is -2.35. The van der Waals surface area contributed by atoms with E-state index < -0.39 is 17.6 Å². The van der Waals surface area contributed by atoms with Gasteiger partial charge in [0.05, 0.1) is 23.6 Å². The molecule has 5 rings (SSSR count). The molecule has 0 atom stereocenters. The lowest BCUT2D eigenvalue weighted by atomic mass is 10.1. The SMILES string of the molecule is CCCNC(=O)c1ccc(N2CCN(C(=O)c3cc(-n4cc(-c5cncc(O)c5)cn4)cc(C(F)(F)F)c3)CC2)nn1. The van der Waals surface area contributed by atoms with Crippen LogP contribution in [-0.2, 0) is 6.18 Å². The highest BCUT2D eigenvalue weighted by Gasteiger charge is 2.33. The Morgan fingerprint density at radius 1 is 0.976 bits per heavy atom. The third-order valence-corrected chi connectivity index (χ3v) is 6.71. The molecule has 1 aliphatic rings. The zero-order chi connectivity index (χ0) is 29.9. The molecule has 218 valence electrons. The predicted molar refractivity (Wildman–Crippen MR) is 146 cm³/mol. The van der Waals surface area contributed by atoms with E-state index in [4.69, 9.17) is 0 Å². The van der Waals surface area contributed by atoms with E-state index >= 15 is 0 Å². The second kappa shape index (κ2) is 11.8. The average molecular weight is 581 g/mol. The van der Waals surface area contributed by atoms with Crippen molar-refractivity contribution in [2.45, 2.75) is 19.5 Å². The first-order valence-electron chi connectivity index (χ1n) is 13.2. The van der Waals surface area contributed by atoms with Crippen molar-refractivity contribution in [1.82, 2.24) is 35.2 Å². The molecular formula is C28H27F3N8O3. The van der Waals surface area contributed by atoms with Crippen LogP contribution < -0.4 is 10.2 Å².